The molecular weight excluding hydrogens is 294 g/mol. The summed E-state index contributed by atoms with van der Waals surface area (Å²) in [7, 11) is 1.67. The first-order chi connectivity index (χ1) is 11.3. The normalized spacial score (nSPS) is 12.7. The summed E-state index contributed by atoms with van der Waals surface area (Å²) in [4.78, 5) is 2.10. The second-order valence-electron chi connectivity index (χ2n) is 5.46. The number of furan rings is 1. The monoisotopic (exact) mass is 319 g/mol. The highest BCUT2D eigenvalue weighted by Gasteiger charge is 2.13. The van der Waals surface area contributed by atoms with Crippen molar-refractivity contribution < 1.29 is 19.0 Å². The number of hydrogen-bond donors (Lipinski definition) is 1. The van der Waals surface area contributed by atoms with Crippen LogP contribution in [0.5, 0.6) is 0 Å². The van der Waals surface area contributed by atoms with Crippen molar-refractivity contribution in [1.29, 1.82) is 0 Å². The minimum absolute atomic E-state index is 0.302. The number of rotatable bonds is 11. The fraction of sp³-hybridized carbons (Fsp3) is 0.444. The maximum absolute atomic E-state index is 10.2. The number of hydrogen-bond acceptors (Lipinski definition) is 5. The molecule has 0 aliphatic heterocycles. The zero-order valence-electron chi connectivity index (χ0n) is 13.6. The van der Waals surface area contributed by atoms with Gasteiger partial charge in [-0.3, -0.25) is 4.90 Å². The Kier molecular flexibility index (Phi) is 7.83. The zero-order chi connectivity index (χ0) is 16.3. The first-order valence-electron chi connectivity index (χ1n) is 7.81. The first kappa shape index (κ1) is 17.7. The molecule has 1 aromatic heterocycles. The number of methoxy groups -OCH3 is 1. The van der Waals surface area contributed by atoms with E-state index in [1.54, 1.807) is 13.4 Å². The third-order valence-electron chi connectivity index (χ3n) is 3.46. The molecule has 0 fully saturated rings. The Bertz CT molecular complexity index is 515. The van der Waals surface area contributed by atoms with E-state index in [1.165, 1.54) is 0 Å². The first-order valence-corrected chi connectivity index (χ1v) is 7.81. The molecule has 1 heterocycles. The maximum atomic E-state index is 10.2. The summed E-state index contributed by atoms with van der Waals surface area (Å²) < 4.78 is 16.1. The molecule has 1 atom stereocenters. The van der Waals surface area contributed by atoms with Crippen molar-refractivity contribution in [2.75, 3.05) is 33.4 Å². The van der Waals surface area contributed by atoms with E-state index in [2.05, 4.69) is 4.90 Å². The van der Waals surface area contributed by atoms with Crippen molar-refractivity contribution in [3.63, 3.8) is 0 Å². The van der Waals surface area contributed by atoms with Crippen LogP contribution in [0.1, 0.15) is 11.3 Å². The Morgan fingerprint density at radius 3 is 2.70 bits per heavy atom. The summed E-state index contributed by atoms with van der Waals surface area (Å²) in [5, 5.41) is 10.2. The molecule has 5 heteroatoms. The molecule has 0 saturated heterocycles. The van der Waals surface area contributed by atoms with Crippen molar-refractivity contribution in [3.8, 4) is 0 Å². The molecule has 1 aromatic carbocycles. The predicted molar refractivity (Wildman–Crippen MR) is 88.0 cm³/mol. The molecule has 0 radical (unpaired) electrons. The van der Waals surface area contributed by atoms with E-state index in [0.717, 1.165) is 17.9 Å². The van der Waals surface area contributed by atoms with Crippen molar-refractivity contribution >= 4 is 0 Å². The molecule has 1 N–H and O–H groups in total. The van der Waals surface area contributed by atoms with Gasteiger partial charge in [-0.05, 0) is 17.7 Å². The third kappa shape index (κ3) is 6.97. The molecule has 2 rings (SSSR count). The molecular formula is C18H25NO4. The van der Waals surface area contributed by atoms with E-state index in [9.17, 15) is 5.11 Å². The Morgan fingerprint density at radius 1 is 1.17 bits per heavy atom. The van der Waals surface area contributed by atoms with Crippen LogP contribution in [-0.2, 0) is 22.6 Å². The summed E-state index contributed by atoms with van der Waals surface area (Å²) in [5.74, 6) is 0.874. The molecule has 126 valence electrons. The molecule has 0 aliphatic rings. The molecule has 0 spiro atoms. The van der Waals surface area contributed by atoms with Gasteiger partial charge in [-0.25, -0.2) is 0 Å². The molecule has 0 amide bonds. The summed E-state index contributed by atoms with van der Waals surface area (Å²) in [6.07, 6.45) is 1.11. The van der Waals surface area contributed by atoms with Crippen molar-refractivity contribution in [3.05, 3.63) is 60.1 Å². The van der Waals surface area contributed by atoms with E-state index in [0.29, 0.717) is 32.9 Å². The second kappa shape index (κ2) is 10.2. The lowest BCUT2D eigenvalue weighted by molar-refractivity contribution is 0.00373. The van der Waals surface area contributed by atoms with Crippen LogP contribution in [0.2, 0.25) is 0 Å². The Hall–Kier alpha value is -1.66. The second-order valence-corrected chi connectivity index (χ2v) is 5.46. The molecule has 0 saturated carbocycles. The molecule has 5 nitrogen and oxygen atoms in total. The van der Waals surface area contributed by atoms with Gasteiger partial charge in [0, 0.05) is 20.2 Å². The minimum atomic E-state index is -0.550. The van der Waals surface area contributed by atoms with Gasteiger partial charge in [0.1, 0.15) is 5.76 Å². The van der Waals surface area contributed by atoms with E-state index in [-0.39, 0.29) is 0 Å². The van der Waals surface area contributed by atoms with Gasteiger partial charge < -0.3 is 19.0 Å². The number of aliphatic hydroxyl groups is 1. The smallest absolute Gasteiger partial charge is 0.117 e. The Morgan fingerprint density at radius 2 is 2.00 bits per heavy atom. The van der Waals surface area contributed by atoms with E-state index in [1.807, 2.05) is 42.5 Å². The lowest BCUT2D eigenvalue weighted by Gasteiger charge is -2.23. The summed E-state index contributed by atoms with van der Waals surface area (Å²) in [6.45, 7) is 3.31. The zero-order valence-corrected chi connectivity index (χ0v) is 13.6. The number of ether oxygens (including phenoxy) is 2. The lowest BCUT2D eigenvalue weighted by Crippen LogP contribution is -2.36. The summed E-state index contributed by atoms with van der Waals surface area (Å²) in [5.41, 5.74) is 1.10. The van der Waals surface area contributed by atoms with Crippen molar-refractivity contribution in [2.24, 2.45) is 0 Å². The molecule has 0 bridgehead atoms. The quantitative estimate of drug-likeness (QED) is 0.689. The molecule has 0 aliphatic carbocycles. The average Bonchev–Trinajstić information content (AvgIpc) is 3.06. The lowest BCUT2D eigenvalue weighted by atomic mass is 10.2. The standard InChI is InChI=1S/C18H25NO4/c1-21-11-9-19(13-18-8-5-10-23-18)12-17(20)15-22-14-16-6-3-2-4-7-16/h2-8,10,17,20H,9,11-15H2,1H3/t17-/m1/s1. The van der Waals surface area contributed by atoms with Crippen molar-refractivity contribution in [2.45, 2.75) is 19.3 Å². The Labute approximate surface area is 137 Å². The largest absolute Gasteiger partial charge is 0.468 e. The van der Waals surface area contributed by atoms with E-state index < -0.39 is 6.10 Å². The topological polar surface area (TPSA) is 55.1 Å². The van der Waals surface area contributed by atoms with Crippen LogP contribution in [0.4, 0.5) is 0 Å². The highest BCUT2D eigenvalue weighted by Crippen LogP contribution is 2.07. The van der Waals surface area contributed by atoms with Gasteiger partial charge in [-0.1, -0.05) is 30.3 Å². The SMILES string of the molecule is COCCN(Cc1ccco1)C[C@@H](O)COCc1ccccc1. The van der Waals surface area contributed by atoms with Gasteiger partial charge in [0.25, 0.3) is 0 Å². The Balaban J connectivity index is 1.73. The number of benzene rings is 1. The van der Waals surface area contributed by atoms with Crippen LogP contribution >= 0.6 is 0 Å². The van der Waals surface area contributed by atoms with Crippen LogP contribution in [-0.4, -0.2) is 49.5 Å². The highest BCUT2D eigenvalue weighted by molar-refractivity contribution is 5.13. The van der Waals surface area contributed by atoms with E-state index >= 15 is 0 Å². The predicted octanol–water partition coefficient (Wildman–Crippen LogP) is 2.31. The molecule has 2 aromatic rings. The van der Waals surface area contributed by atoms with Gasteiger partial charge in [-0.15, -0.1) is 0 Å². The van der Waals surface area contributed by atoms with Crippen LogP contribution in [0.15, 0.2) is 53.1 Å². The van der Waals surface area contributed by atoms with Gasteiger partial charge in [0.05, 0.1) is 38.7 Å². The van der Waals surface area contributed by atoms with Crippen LogP contribution in [0.3, 0.4) is 0 Å². The number of nitrogens with zero attached hydrogens (tertiary/aromatic N) is 1. The van der Waals surface area contributed by atoms with Crippen LogP contribution in [0, 0.1) is 0 Å². The maximum Gasteiger partial charge on any atom is 0.117 e. The summed E-state index contributed by atoms with van der Waals surface area (Å²) in [6, 6.07) is 13.7. The van der Waals surface area contributed by atoms with Gasteiger partial charge in [0.2, 0.25) is 0 Å². The van der Waals surface area contributed by atoms with Crippen molar-refractivity contribution in [1.82, 2.24) is 4.90 Å². The van der Waals surface area contributed by atoms with Crippen LogP contribution in [0.25, 0.3) is 0 Å². The van der Waals surface area contributed by atoms with Gasteiger partial charge >= 0.3 is 0 Å². The molecule has 0 unspecified atom stereocenters. The minimum Gasteiger partial charge on any atom is -0.468 e. The fourth-order valence-corrected chi connectivity index (χ4v) is 2.32. The van der Waals surface area contributed by atoms with Gasteiger partial charge in [-0.2, -0.15) is 0 Å². The summed E-state index contributed by atoms with van der Waals surface area (Å²) >= 11 is 0. The number of aliphatic hydroxyl groups excluding tert-OH is 1. The molecule has 23 heavy (non-hydrogen) atoms. The van der Waals surface area contributed by atoms with E-state index in [4.69, 9.17) is 13.9 Å². The third-order valence-corrected chi connectivity index (χ3v) is 3.46. The highest BCUT2D eigenvalue weighted by atomic mass is 16.5. The van der Waals surface area contributed by atoms with Gasteiger partial charge in [0.15, 0.2) is 0 Å². The average molecular weight is 319 g/mol. The fourth-order valence-electron chi connectivity index (χ4n) is 2.32. The van der Waals surface area contributed by atoms with Crippen LogP contribution < -0.4 is 0 Å².